The highest BCUT2D eigenvalue weighted by Gasteiger charge is 2.20. The van der Waals surface area contributed by atoms with Gasteiger partial charge in [0, 0.05) is 13.1 Å². The number of rotatable bonds is 5. The third kappa shape index (κ3) is 3.49. The van der Waals surface area contributed by atoms with E-state index in [1.807, 2.05) is 6.92 Å². The predicted molar refractivity (Wildman–Crippen MR) is 64.0 cm³/mol. The van der Waals surface area contributed by atoms with Gasteiger partial charge in [-0.05, 0) is 31.5 Å². The normalized spacial score (nSPS) is 10.1. The second-order valence-electron chi connectivity index (χ2n) is 3.38. The minimum absolute atomic E-state index is 0.0185. The van der Waals surface area contributed by atoms with Gasteiger partial charge in [-0.25, -0.2) is 0 Å². The zero-order valence-corrected chi connectivity index (χ0v) is 10.6. The van der Waals surface area contributed by atoms with E-state index in [4.69, 9.17) is 16.0 Å². The molecule has 1 heterocycles. The van der Waals surface area contributed by atoms with Gasteiger partial charge in [-0.15, -0.1) is 0 Å². The van der Waals surface area contributed by atoms with E-state index >= 15 is 0 Å². The van der Waals surface area contributed by atoms with Crippen molar-refractivity contribution in [3.05, 3.63) is 23.1 Å². The molecule has 17 heavy (non-hydrogen) atoms. The Hall–Kier alpha value is -1.49. The summed E-state index contributed by atoms with van der Waals surface area (Å²) in [5.74, 6) is -0.500. The number of carbonyl (C=O) groups is 2. The number of nitrogens with one attached hydrogen (secondary N) is 1. The first-order valence-corrected chi connectivity index (χ1v) is 5.76. The third-order valence-corrected chi connectivity index (χ3v) is 2.52. The quantitative estimate of drug-likeness (QED) is 0.871. The van der Waals surface area contributed by atoms with Crippen LogP contribution in [0.15, 0.2) is 16.7 Å². The van der Waals surface area contributed by atoms with E-state index in [0.29, 0.717) is 13.1 Å². The van der Waals surface area contributed by atoms with Gasteiger partial charge in [0.15, 0.2) is 0 Å². The highest BCUT2D eigenvalue weighted by atomic mass is 35.5. The van der Waals surface area contributed by atoms with E-state index < -0.39 is 0 Å². The molecule has 0 saturated carbocycles. The first-order chi connectivity index (χ1) is 8.10. The van der Waals surface area contributed by atoms with Gasteiger partial charge in [-0.3, -0.25) is 9.59 Å². The average molecular weight is 259 g/mol. The summed E-state index contributed by atoms with van der Waals surface area (Å²) in [6.07, 6.45) is 1.34. The van der Waals surface area contributed by atoms with Crippen LogP contribution in [-0.2, 0) is 4.79 Å². The Labute approximate surface area is 105 Å². The number of halogens is 1. The maximum absolute atomic E-state index is 12.0. The van der Waals surface area contributed by atoms with Crippen molar-refractivity contribution in [2.45, 2.75) is 13.8 Å². The molecule has 6 heteroatoms. The maximum Gasteiger partial charge on any atom is 0.259 e. The number of hydrogen-bond acceptors (Lipinski definition) is 3. The largest absolute Gasteiger partial charge is 0.452 e. The predicted octanol–water partition coefficient (Wildman–Crippen LogP) is 1.53. The van der Waals surface area contributed by atoms with Crippen molar-refractivity contribution in [3.63, 3.8) is 0 Å². The van der Waals surface area contributed by atoms with Gasteiger partial charge < -0.3 is 14.6 Å². The molecule has 0 aliphatic heterocycles. The highest BCUT2D eigenvalue weighted by molar-refractivity contribution is 6.32. The summed E-state index contributed by atoms with van der Waals surface area (Å²) in [6.45, 7) is 4.60. The molecule has 0 aliphatic rings. The topological polar surface area (TPSA) is 62.6 Å². The van der Waals surface area contributed by atoms with E-state index in [9.17, 15) is 9.59 Å². The van der Waals surface area contributed by atoms with Gasteiger partial charge in [0.2, 0.25) is 11.1 Å². The van der Waals surface area contributed by atoms with Crippen LogP contribution in [0.4, 0.5) is 0 Å². The summed E-state index contributed by atoms with van der Waals surface area (Å²) in [5, 5.41) is 2.68. The lowest BCUT2D eigenvalue weighted by molar-refractivity contribution is -0.121. The zero-order valence-electron chi connectivity index (χ0n) is 9.83. The van der Waals surface area contributed by atoms with Crippen molar-refractivity contribution in [3.8, 4) is 0 Å². The minimum atomic E-state index is -0.308. The number of nitrogens with zero attached hydrogens (tertiary/aromatic N) is 1. The number of hydrogen-bond donors (Lipinski definition) is 1. The maximum atomic E-state index is 12.0. The molecular weight excluding hydrogens is 244 g/mol. The molecule has 0 spiro atoms. The van der Waals surface area contributed by atoms with Gasteiger partial charge in [0.05, 0.1) is 18.4 Å². The molecule has 0 bridgehead atoms. The number of furan rings is 1. The highest BCUT2D eigenvalue weighted by Crippen LogP contribution is 2.18. The Morgan fingerprint density at radius 1 is 1.47 bits per heavy atom. The van der Waals surface area contributed by atoms with Crippen molar-refractivity contribution in [2.75, 3.05) is 19.6 Å². The van der Waals surface area contributed by atoms with Crippen LogP contribution in [-0.4, -0.2) is 36.3 Å². The molecular formula is C11H15ClN2O3. The molecule has 1 aromatic heterocycles. The Kier molecular flexibility index (Phi) is 5.03. The van der Waals surface area contributed by atoms with Crippen LogP contribution in [0.5, 0.6) is 0 Å². The first-order valence-electron chi connectivity index (χ1n) is 5.39. The molecule has 0 aromatic carbocycles. The summed E-state index contributed by atoms with van der Waals surface area (Å²) in [6, 6.07) is 1.49. The van der Waals surface area contributed by atoms with Gasteiger partial charge in [0.1, 0.15) is 0 Å². The lowest BCUT2D eigenvalue weighted by Gasteiger charge is -2.19. The van der Waals surface area contributed by atoms with Gasteiger partial charge in [0.25, 0.3) is 5.91 Å². The second kappa shape index (κ2) is 6.30. The minimum Gasteiger partial charge on any atom is -0.452 e. The standard InChI is InChI=1S/C11H15ClN2O3/c1-3-13-9(15)7-14(4-2)11(16)8-5-6-17-10(8)12/h5-6H,3-4,7H2,1-2H3,(H,13,15). The SMILES string of the molecule is CCNC(=O)CN(CC)C(=O)c1ccoc1Cl. The third-order valence-electron chi connectivity index (χ3n) is 2.23. The monoisotopic (exact) mass is 258 g/mol. The summed E-state index contributed by atoms with van der Waals surface area (Å²) >= 11 is 5.72. The first kappa shape index (κ1) is 13.6. The van der Waals surface area contributed by atoms with Crippen molar-refractivity contribution < 1.29 is 14.0 Å². The molecule has 5 nitrogen and oxygen atoms in total. The molecule has 0 radical (unpaired) electrons. The molecule has 0 aliphatic carbocycles. The molecule has 1 N–H and O–H groups in total. The van der Waals surface area contributed by atoms with Crippen LogP contribution in [0.25, 0.3) is 0 Å². The Bertz CT molecular complexity index is 403. The molecule has 94 valence electrons. The zero-order chi connectivity index (χ0) is 12.8. The van der Waals surface area contributed by atoms with E-state index in [1.165, 1.54) is 17.2 Å². The molecule has 0 unspecified atom stereocenters. The van der Waals surface area contributed by atoms with Crippen molar-refractivity contribution in [2.24, 2.45) is 0 Å². The van der Waals surface area contributed by atoms with E-state index in [0.717, 1.165) is 0 Å². The lowest BCUT2D eigenvalue weighted by atomic mass is 10.3. The fourth-order valence-corrected chi connectivity index (χ4v) is 1.57. The average Bonchev–Trinajstić information content (AvgIpc) is 2.72. The van der Waals surface area contributed by atoms with E-state index in [2.05, 4.69) is 5.32 Å². The second-order valence-corrected chi connectivity index (χ2v) is 3.72. The van der Waals surface area contributed by atoms with Crippen molar-refractivity contribution in [1.29, 1.82) is 0 Å². The van der Waals surface area contributed by atoms with Crippen LogP contribution in [0, 0.1) is 0 Å². The lowest BCUT2D eigenvalue weighted by Crippen LogP contribution is -2.40. The molecule has 2 amide bonds. The Morgan fingerprint density at radius 2 is 2.18 bits per heavy atom. The molecule has 0 atom stereocenters. The van der Waals surface area contributed by atoms with Crippen LogP contribution < -0.4 is 5.32 Å². The Balaban J connectivity index is 2.71. The van der Waals surface area contributed by atoms with Gasteiger partial charge in [-0.2, -0.15) is 0 Å². The van der Waals surface area contributed by atoms with Crippen molar-refractivity contribution >= 4 is 23.4 Å². The van der Waals surface area contributed by atoms with Gasteiger partial charge >= 0.3 is 0 Å². The van der Waals surface area contributed by atoms with Crippen LogP contribution in [0.3, 0.4) is 0 Å². The molecule has 1 aromatic rings. The smallest absolute Gasteiger partial charge is 0.259 e. The number of amides is 2. The Morgan fingerprint density at radius 3 is 2.65 bits per heavy atom. The summed E-state index contributed by atoms with van der Waals surface area (Å²) < 4.78 is 4.85. The molecule has 1 rings (SSSR count). The van der Waals surface area contributed by atoms with Crippen LogP contribution in [0.2, 0.25) is 5.22 Å². The summed E-state index contributed by atoms with van der Waals surface area (Å²) in [4.78, 5) is 24.8. The fourth-order valence-electron chi connectivity index (χ4n) is 1.37. The molecule has 0 fully saturated rings. The van der Waals surface area contributed by atoms with Crippen LogP contribution >= 0.6 is 11.6 Å². The number of likely N-dealkylation sites (N-methyl/N-ethyl adjacent to an activating group) is 2. The summed E-state index contributed by atoms with van der Waals surface area (Å²) in [5.41, 5.74) is 0.276. The molecule has 0 saturated heterocycles. The van der Waals surface area contributed by atoms with Crippen molar-refractivity contribution in [1.82, 2.24) is 10.2 Å². The van der Waals surface area contributed by atoms with Gasteiger partial charge in [-0.1, -0.05) is 0 Å². The fraction of sp³-hybridized carbons (Fsp3) is 0.455. The van der Waals surface area contributed by atoms with E-state index in [1.54, 1.807) is 6.92 Å². The summed E-state index contributed by atoms with van der Waals surface area (Å²) in [7, 11) is 0. The van der Waals surface area contributed by atoms with E-state index in [-0.39, 0.29) is 29.1 Å². The number of carbonyl (C=O) groups excluding carboxylic acids is 2. The van der Waals surface area contributed by atoms with Crippen LogP contribution in [0.1, 0.15) is 24.2 Å².